The van der Waals surface area contributed by atoms with Crippen LogP contribution in [0.2, 0.25) is 0 Å². The number of nitrogens with one attached hydrogen (secondary N) is 2. The van der Waals surface area contributed by atoms with Crippen LogP contribution in [0.3, 0.4) is 0 Å². The van der Waals surface area contributed by atoms with Gasteiger partial charge in [0.1, 0.15) is 17.6 Å². The molecule has 2 heterocycles. The molecule has 1 fully saturated rings. The lowest BCUT2D eigenvalue weighted by molar-refractivity contribution is -0.131. The van der Waals surface area contributed by atoms with E-state index in [1.807, 2.05) is 0 Å². The van der Waals surface area contributed by atoms with Crippen LogP contribution in [0.1, 0.15) is 17.7 Å². The molecule has 1 aliphatic rings. The van der Waals surface area contributed by atoms with Crippen LogP contribution in [-0.2, 0) is 22.6 Å². The third-order valence-electron chi connectivity index (χ3n) is 4.00. The van der Waals surface area contributed by atoms with Crippen molar-refractivity contribution in [2.24, 2.45) is 0 Å². The van der Waals surface area contributed by atoms with Crippen LogP contribution in [0.15, 0.2) is 47.1 Å². The summed E-state index contributed by atoms with van der Waals surface area (Å²) in [7, 11) is 0. The molecule has 7 nitrogen and oxygen atoms in total. The van der Waals surface area contributed by atoms with Gasteiger partial charge in [-0.1, -0.05) is 12.1 Å². The number of furan rings is 1. The minimum atomic E-state index is -0.917. The number of imide groups is 1. The topological polar surface area (TPSA) is 91.7 Å². The molecule has 0 aliphatic carbocycles. The summed E-state index contributed by atoms with van der Waals surface area (Å²) in [4.78, 5) is 37.3. The quantitative estimate of drug-likeness (QED) is 0.735. The number of hydrogen-bond donors (Lipinski definition) is 2. The smallest absolute Gasteiger partial charge is 0.325 e. The molecule has 1 aromatic heterocycles. The van der Waals surface area contributed by atoms with Gasteiger partial charge in [-0.05, 0) is 29.8 Å². The van der Waals surface area contributed by atoms with E-state index >= 15 is 0 Å². The van der Waals surface area contributed by atoms with Crippen molar-refractivity contribution in [2.75, 3.05) is 6.54 Å². The highest BCUT2D eigenvalue weighted by atomic mass is 19.1. The van der Waals surface area contributed by atoms with Gasteiger partial charge in [0.15, 0.2) is 0 Å². The van der Waals surface area contributed by atoms with Crippen molar-refractivity contribution in [1.82, 2.24) is 15.5 Å². The highest BCUT2D eigenvalue weighted by Crippen LogP contribution is 2.15. The van der Waals surface area contributed by atoms with E-state index in [9.17, 15) is 18.8 Å². The second-order valence-electron chi connectivity index (χ2n) is 5.94. The normalized spacial score (nSPS) is 16.7. The number of halogens is 1. The summed E-state index contributed by atoms with van der Waals surface area (Å²) in [5.41, 5.74) is 0.497. The number of hydrogen-bond acceptors (Lipinski definition) is 4. The standard InChI is InChI=1S/C18H18FN3O4/c19-13-4-1-3-12(9-13)11-22-17(24)15(21-18(22)25)10-16(23)20-7-6-14-5-2-8-26-14/h1-5,8-9,15H,6-7,10-11H2,(H,20,23)(H,21,25). The number of nitrogens with zero attached hydrogens (tertiary/aromatic N) is 1. The van der Waals surface area contributed by atoms with Gasteiger partial charge in [-0.15, -0.1) is 0 Å². The van der Waals surface area contributed by atoms with Crippen LogP contribution >= 0.6 is 0 Å². The Hall–Kier alpha value is -3.16. The van der Waals surface area contributed by atoms with Crippen LogP contribution in [-0.4, -0.2) is 35.3 Å². The van der Waals surface area contributed by atoms with Gasteiger partial charge < -0.3 is 15.1 Å². The molecule has 2 N–H and O–H groups in total. The van der Waals surface area contributed by atoms with Gasteiger partial charge in [0.05, 0.1) is 19.2 Å². The van der Waals surface area contributed by atoms with E-state index < -0.39 is 23.8 Å². The van der Waals surface area contributed by atoms with Crippen LogP contribution in [0, 0.1) is 5.82 Å². The van der Waals surface area contributed by atoms with E-state index in [4.69, 9.17) is 4.42 Å². The second kappa shape index (κ2) is 7.81. The predicted octanol–water partition coefficient (Wildman–Crippen LogP) is 1.59. The Balaban J connectivity index is 1.50. The molecule has 1 unspecified atom stereocenters. The van der Waals surface area contributed by atoms with Crippen molar-refractivity contribution < 1.29 is 23.2 Å². The summed E-state index contributed by atoms with van der Waals surface area (Å²) in [5.74, 6) is -0.540. The van der Waals surface area contributed by atoms with Gasteiger partial charge in [0.2, 0.25) is 5.91 Å². The molecular weight excluding hydrogens is 341 g/mol. The minimum Gasteiger partial charge on any atom is -0.469 e. The zero-order chi connectivity index (χ0) is 18.5. The Morgan fingerprint density at radius 1 is 1.27 bits per heavy atom. The molecule has 26 heavy (non-hydrogen) atoms. The number of carbonyl (C=O) groups is 3. The fraction of sp³-hybridized carbons (Fsp3) is 0.278. The second-order valence-corrected chi connectivity index (χ2v) is 5.94. The molecule has 136 valence electrons. The molecule has 1 atom stereocenters. The third kappa shape index (κ3) is 4.27. The maximum Gasteiger partial charge on any atom is 0.325 e. The Labute approximate surface area is 149 Å². The molecular formula is C18H18FN3O4. The van der Waals surface area contributed by atoms with Crippen molar-refractivity contribution in [3.8, 4) is 0 Å². The minimum absolute atomic E-state index is 0.0426. The number of benzene rings is 1. The molecule has 0 saturated carbocycles. The van der Waals surface area contributed by atoms with Gasteiger partial charge in [-0.3, -0.25) is 14.5 Å². The van der Waals surface area contributed by atoms with E-state index in [1.54, 1.807) is 24.5 Å². The van der Waals surface area contributed by atoms with Crippen LogP contribution in [0.4, 0.5) is 9.18 Å². The fourth-order valence-corrected chi connectivity index (χ4v) is 2.72. The Morgan fingerprint density at radius 3 is 2.85 bits per heavy atom. The molecule has 4 amide bonds. The molecule has 0 bridgehead atoms. The first-order valence-electron chi connectivity index (χ1n) is 8.18. The molecule has 1 aromatic carbocycles. The molecule has 1 saturated heterocycles. The fourth-order valence-electron chi connectivity index (χ4n) is 2.72. The Bertz CT molecular complexity index is 807. The molecule has 0 spiro atoms. The first-order valence-corrected chi connectivity index (χ1v) is 8.18. The van der Waals surface area contributed by atoms with Crippen LogP contribution in [0.5, 0.6) is 0 Å². The lowest BCUT2D eigenvalue weighted by atomic mass is 10.1. The van der Waals surface area contributed by atoms with Gasteiger partial charge in [-0.25, -0.2) is 9.18 Å². The average molecular weight is 359 g/mol. The van der Waals surface area contributed by atoms with E-state index in [0.717, 1.165) is 10.7 Å². The lowest BCUT2D eigenvalue weighted by Gasteiger charge is -2.13. The number of rotatable bonds is 7. The molecule has 0 radical (unpaired) electrons. The maximum atomic E-state index is 13.2. The van der Waals surface area contributed by atoms with Crippen molar-refractivity contribution in [3.63, 3.8) is 0 Å². The highest BCUT2D eigenvalue weighted by molar-refractivity contribution is 6.05. The van der Waals surface area contributed by atoms with E-state index in [0.29, 0.717) is 18.5 Å². The monoisotopic (exact) mass is 359 g/mol. The van der Waals surface area contributed by atoms with E-state index in [1.165, 1.54) is 18.2 Å². The molecule has 3 rings (SSSR count). The Morgan fingerprint density at radius 2 is 2.12 bits per heavy atom. The highest BCUT2D eigenvalue weighted by Gasteiger charge is 2.38. The van der Waals surface area contributed by atoms with E-state index in [2.05, 4.69) is 10.6 Å². The predicted molar refractivity (Wildman–Crippen MR) is 89.3 cm³/mol. The van der Waals surface area contributed by atoms with Gasteiger partial charge in [0, 0.05) is 13.0 Å². The maximum absolute atomic E-state index is 13.2. The lowest BCUT2D eigenvalue weighted by Crippen LogP contribution is -2.37. The molecule has 2 aromatic rings. The van der Waals surface area contributed by atoms with E-state index in [-0.39, 0.29) is 18.9 Å². The molecule has 8 heteroatoms. The number of carbonyl (C=O) groups excluding carboxylic acids is 3. The number of amides is 4. The number of urea groups is 1. The average Bonchev–Trinajstić information content (AvgIpc) is 3.19. The van der Waals surface area contributed by atoms with Gasteiger partial charge >= 0.3 is 6.03 Å². The zero-order valence-corrected chi connectivity index (χ0v) is 13.9. The van der Waals surface area contributed by atoms with Crippen molar-refractivity contribution in [1.29, 1.82) is 0 Å². The Kier molecular flexibility index (Phi) is 5.31. The first kappa shape index (κ1) is 17.7. The summed E-state index contributed by atoms with van der Waals surface area (Å²) < 4.78 is 18.4. The SMILES string of the molecule is O=C(CC1NC(=O)N(Cc2cccc(F)c2)C1=O)NCCc1ccco1. The van der Waals surface area contributed by atoms with Crippen LogP contribution in [0.25, 0.3) is 0 Å². The summed E-state index contributed by atoms with van der Waals surface area (Å²) in [6.07, 6.45) is 1.94. The van der Waals surface area contributed by atoms with Crippen LogP contribution < -0.4 is 10.6 Å². The van der Waals surface area contributed by atoms with Crippen molar-refractivity contribution in [2.45, 2.75) is 25.4 Å². The summed E-state index contributed by atoms with van der Waals surface area (Å²) in [6, 6.07) is 7.73. The van der Waals surface area contributed by atoms with Crippen molar-refractivity contribution >= 4 is 17.8 Å². The molecule has 1 aliphatic heterocycles. The van der Waals surface area contributed by atoms with Gasteiger partial charge in [0.25, 0.3) is 5.91 Å². The summed E-state index contributed by atoms with van der Waals surface area (Å²) in [6.45, 7) is 0.327. The van der Waals surface area contributed by atoms with Crippen molar-refractivity contribution in [3.05, 3.63) is 59.8 Å². The first-order chi connectivity index (χ1) is 12.5. The largest absolute Gasteiger partial charge is 0.469 e. The van der Waals surface area contributed by atoms with Gasteiger partial charge in [-0.2, -0.15) is 0 Å². The summed E-state index contributed by atoms with van der Waals surface area (Å²) >= 11 is 0. The summed E-state index contributed by atoms with van der Waals surface area (Å²) in [5, 5.41) is 5.17. The zero-order valence-electron chi connectivity index (χ0n) is 13.9. The third-order valence-corrected chi connectivity index (χ3v) is 4.00.